The highest BCUT2D eigenvalue weighted by molar-refractivity contribution is 6.04. The van der Waals surface area contributed by atoms with Gasteiger partial charge < -0.3 is 11.1 Å². The SMILES string of the molecule is C[C@H](NC(=O)c1c(N)nn2cccnc12)c1cc2cccc(C#CC(F)(F)F)c2c(=O)n1-c1ccccc1. The predicted octanol–water partition coefficient (Wildman–Crippen LogP) is 4.02. The second-order valence-corrected chi connectivity index (χ2v) is 8.41. The van der Waals surface area contributed by atoms with Gasteiger partial charge in [0.25, 0.3) is 11.5 Å². The van der Waals surface area contributed by atoms with Crippen molar-refractivity contribution in [3.05, 3.63) is 100 Å². The molecule has 3 N–H and O–H groups in total. The van der Waals surface area contributed by atoms with Crippen molar-refractivity contribution in [2.75, 3.05) is 5.73 Å². The van der Waals surface area contributed by atoms with Crippen LogP contribution in [-0.2, 0) is 0 Å². The number of carbonyl (C=O) groups excluding carboxylic acids is 1. The van der Waals surface area contributed by atoms with Crippen LogP contribution in [0.25, 0.3) is 22.1 Å². The van der Waals surface area contributed by atoms with Crippen molar-refractivity contribution in [3.8, 4) is 17.5 Å². The van der Waals surface area contributed by atoms with Gasteiger partial charge in [0.05, 0.1) is 11.4 Å². The smallest absolute Gasteiger partial charge is 0.381 e. The number of benzene rings is 2. The zero-order valence-electron chi connectivity index (χ0n) is 19.8. The Morgan fingerprint density at radius 1 is 1.11 bits per heavy atom. The van der Waals surface area contributed by atoms with E-state index in [1.54, 1.807) is 61.7 Å². The molecule has 0 aliphatic carbocycles. The fraction of sp³-hybridized carbons (Fsp3) is 0.111. The summed E-state index contributed by atoms with van der Waals surface area (Å²) in [5.74, 6) is 2.75. The second-order valence-electron chi connectivity index (χ2n) is 8.41. The summed E-state index contributed by atoms with van der Waals surface area (Å²) in [5.41, 5.74) is 6.56. The number of nitrogens with two attached hydrogens (primary N) is 1. The van der Waals surface area contributed by atoms with Crippen LogP contribution in [-0.4, -0.2) is 31.2 Å². The van der Waals surface area contributed by atoms with Crippen LogP contribution in [0.2, 0.25) is 0 Å². The maximum absolute atomic E-state index is 13.8. The van der Waals surface area contributed by atoms with E-state index in [-0.39, 0.29) is 28.0 Å². The average Bonchev–Trinajstić information content (AvgIpc) is 3.23. The Morgan fingerprint density at radius 2 is 1.87 bits per heavy atom. The van der Waals surface area contributed by atoms with Crippen LogP contribution in [0.15, 0.2) is 77.9 Å². The number of nitrogen functional groups attached to an aromatic ring is 1. The highest BCUT2D eigenvalue weighted by Crippen LogP contribution is 2.25. The number of alkyl halides is 3. The fourth-order valence-electron chi connectivity index (χ4n) is 4.25. The summed E-state index contributed by atoms with van der Waals surface area (Å²) in [6, 6.07) is 15.6. The van der Waals surface area contributed by atoms with E-state index in [9.17, 15) is 22.8 Å². The number of aromatic nitrogens is 4. The number of amides is 1. The van der Waals surface area contributed by atoms with Gasteiger partial charge in [-0.3, -0.25) is 14.2 Å². The Hall–Kier alpha value is -5.11. The first-order chi connectivity index (χ1) is 18.1. The van der Waals surface area contributed by atoms with Gasteiger partial charge in [0.15, 0.2) is 11.5 Å². The normalized spacial score (nSPS) is 12.2. The topological polar surface area (TPSA) is 107 Å². The van der Waals surface area contributed by atoms with Crippen LogP contribution in [0.3, 0.4) is 0 Å². The maximum atomic E-state index is 13.8. The third-order valence-electron chi connectivity index (χ3n) is 5.87. The second kappa shape index (κ2) is 9.40. The van der Waals surface area contributed by atoms with E-state index < -0.39 is 23.7 Å². The van der Waals surface area contributed by atoms with Crippen molar-refractivity contribution in [3.63, 3.8) is 0 Å². The molecule has 5 aromatic rings. The van der Waals surface area contributed by atoms with E-state index in [1.807, 2.05) is 0 Å². The van der Waals surface area contributed by atoms with Crippen LogP contribution in [0.5, 0.6) is 0 Å². The van der Waals surface area contributed by atoms with E-state index in [4.69, 9.17) is 5.73 Å². The zero-order valence-corrected chi connectivity index (χ0v) is 19.8. The number of pyridine rings is 1. The van der Waals surface area contributed by atoms with Crippen molar-refractivity contribution >= 4 is 28.1 Å². The van der Waals surface area contributed by atoms with Crippen molar-refractivity contribution < 1.29 is 18.0 Å². The molecule has 11 heteroatoms. The molecule has 190 valence electrons. The minimum Gasteiger partial charge on any atom is -0.381 e. The lowest BCUT2D eigenvalue weighted by atomic mass is 10.0. The van der Waals surface area contributed by atoms with Crippen LogP contribution in [0.4, 0.5) is 19.0 Å². The highest BCUT2D eigenvalue weighted by atomic mass is 19.4. The van der Waals surface area contributed by atoms with Gasteiger partial charge in [-0.2, -0.15) is 13.2 Å². The molecule has 0 aliphatic rings. The summed E-state index contributed by atoms with van der Waals surface area (Å²) in [5, 5.41) is 7.36. The van der Waals surface area contributed by atoms with Crippen molar-refractivity contribution in [2.24, 2.45) is 0 Å². The Kier molecular flexibility index (Phi) is 6.08. The molecule has 0 aliphatic heterocycles. The standard InChI is InChI=1S/C27H19F3N6O2/c1-16(33-25(37)22-23(31)34-35-14-6-13-32-24(22)35)20-15-18-8-5-7-17(11-12-27(28,29)30)21(18)26(38)36(20)19-9-3-2-4-10-19/h2-10,13-16H,1H3,(H2,31,34)(H,33,37)/t16-/m0/s1. The van der Waals surface area contributed by atoms with E-state index >= 15 is 0 Å². The van der Waals surface area contributed by atoms with Crippen LogP contribution in [0, 0.1) is 11.8 Å². The summed E-state index contributed by atoms with van der Waals surface area (Å²) in [7, 11) is 0. The third kappa shape index (κ3) is 4.55. The van der Waals surface area contributed by atoms with Crippen LogP contribution in [0.1, 0.15) is 34.6 Å². The largest absolute Gasteiger partial charge is 0.458 e. The molecule has 3 heterocycles. The Balaban J connectivity index is 1.66. The van der Waals surface area contributed by atoms with Gasteiger partial charge in [-0.05, 0) is 42.6 Å². The van der Waals surface area contributed by atoms with E-state index in [0.29, 0.717) is 16.8 Å². The number of carbonyl (C=O) groups is 1. The number of hydrogen-bond donors (Lipinski definition) is 2. The first-order valence-corrected chi connectivity index (χ1v) is 11.4. The number of nitrogens with zero attached hydrogens (tertiary/aromatic N) is 4. The zero-order chi connectivity index (χ0) is 27.0. The molecular formula is C27H19F3N6O2. The molecule has 1 amide bonds. The van der Waals surface area contributed by atoms with Gasteiger partial charge >= 0.3 is 6.18 Å². The minimum atomic E-state index is -4.71. The summed E-state index contributed by atoms with van der Waals surface area (Å²) in [6.07, 6.45) is -1.60. The first kappa shape index (κ1) is 24.6. The predicted molar refractivity (Wildman–Crippen MR) is 136 cm³/mol. The molecule has 0 saturated heterocycles. The molecule has 0 bridgehead atoms. The number of rotatable bonds is 4. The van der Waals surface area contributed by atoms with Gasteiger partial charge in [-0.25, -0.2) is 9.50 Å². The lowest BCUT2D eigenvalue weighted by Crippen LogP contribution is -2.32. The van der Waals surface area contributed by atoms with Gasteiger partial charge in [0.2, 0.25) is 0 Å². The fourth-order valence-corrected chi connectivity index (χ4v) is 4.25. The first-order valence-electron chi connectivity index (χ1n) is 11.4. The molecule has 0 radical (unpaired) electrons. The monoisotopic (exact) mass is 516 g/mol. The highest BCUT2D eigenvalue weighted by Gasteiger charge is 2.25. The molecule has 3 aromatic heterocycles. The molecule has 8 nitrogen and oxygen atoms in total. The van der Waals surface area contributed by atoms with E-state index in [1.165, 1.54) is 33.3 Å². The molecule has 1 atom stereocenters. The molecule has 38 heavy (non-hydrogen) atoms. The number of nitrogens with one attached hydrogen (secondary N) is 1. The molecule has 0 fully saturated rings. The van der Waals surface area contributed by atoms with Gasteiger partial charge in [-0.1, -0.05) is 36.3 Å². The Morgan fingerprint density at radius 3 is 2.61 bits per heavy atom. The Bertz CT molecular complexity index is 1810. The number of anilines is 1. The molecule has 2 aromatic carbocycles. The lowest BCUT2D eigenvalue weighted by molar-refractivity contribution is -0.0696. The molecule has 0 spiro atoms. The van der Waals surface area contributed by atoms with E-state index in [2.05, 4.69) is 21.3 Å². The molecule has 0 unspecified atom stereocenters. The van der Waals surface area contributed by atoms with Crippen molar-refractivity contribution in [1.82, 2.24) is 24.5 Å². The lowest BCUT2D eigenvalue weighted by Gasteiger charge is -2.21. The number of fused-ring (bicyclic) bond motifs is 2. The quantitative estimate of drug-likeness (QED) is 0.351. The van der Waals surface area contributed by atoms with Crippen molar-refractivity contribution in [1.29, 1.82) is 0 Å². The Labute approximate surface area is 213 Å². The van der Waals surface area contributed by atoms with E-state index in [0.717, 1.165) is 0 Å². The summed E-state index contributed by atoms with van der Waals surface area (Å²) in [4.78, 5) is 31.2. The maximum Gasteiger partial charge on any atom is 0.458 e. The number of para-hydroxylation sites is 1. The number of halogens is 3. The summed E-state index contributed by atoms with van der Waals surface area (Å²) in [6.45, 7) is 1.68. The van der Waals surface area contributed by atoms with Crippen LogP contribution >= 0.6 is 0 Å². The minimum absolute atomic E-state index is 0.0137. The third-order valence-corrected chi connectivity index (χ3v) is 5.87. The molecule has 0 saturated carbocycles. The van der Waals surface area contributed by atoms with Crippen molar-refractivity contribution in [2.45, 2.75) is 19.1 Å². The average molecular weight is 516 g/mol. The van der Waals surface area contributed by atoms with Gasteiger partial charge in [0.1, 0.15) is 5.56 Å². The summed E-state index contributed by atoms with van der Waals surface area (Å²) < 4.78 is 41.1. The van der Waals surface area contributed by atoms with Crippen LogP contribution < -0.4 is 16.6 Å². The molecular weight excluding hydrogens is 497 g/mol. The van der Waals surface area contributed by atoms with Gasteiger partial charge in [-0.15, -0.1) is 5.10 Å². The van der Waals surface area contributed by atoms with Gasteiger partial charge in [0, 0.05) is 35.3 Å². The molecule has 5 rings (SSSR count). The summed E-state index contributed by atoms with van der Waals surface area (Å²) >= 11 is 0. The number of hydrogen-bond acceptors (Lipinski definition) is 5.